The minimum Gasteiger partial charge on any atom is -0.490 e. The van der Waals surface area contributed by atoms with Crippen molar-refractivity contribution in [2.75, 3.05) is 13.2 Å². The molecular formula is C16H14ClNO2. The van der Waals surface area contributed by atoms with E-state index in [0.717, 1.165) is 11.3 Å². The van der Waals surface area contributed by atoms with Crippen molar-refractivity contribution in [3.05, 3.63) is 58.6 Å². The summed E-state index contributed by atoms with van der Waals surface area (Å²) in [5, 5.41) is 9.51. The van der Waals surface area contributed by atoms with E-state index in [1.54, 1.807) is 18.2 Å². The maximum atomic E-state index is 8.99. The molecule has 0 heterocycles. The molecular weight excluding hydrogens is 274 g/mol. The number of hydrogen-bond acceptors (Lipinski definition) is 3. The molecule has 0 aliphatic carbocycles. The number of nitrogens with zero attached hydrogens (tertiary/aromatic N) is 1. The number of halogens is 1. The predicted molar refractivity (Wildman–Crippen MR) is 78.3 cm³/mol. The van der Waals surface area contributed by atoms with Crippen LogP contribution < -0.4 is 9.47 Å². The third kappa shape index (κ3) is 3.66. The van der Waals surface area contributed by atoms with Crippen LogP contribution in [0, 0.1) is 18.3 Å². The monoisotopic (exact) mass is 287 g/mol. The zero-order valence-electron chi connectivity index (χ0n) is 11.1. The topological polar surface area (TPSA) is 42.2 Å². The van der Waals surface area contributed by atoms with Crippen molar-refractivity contribution < 1.29 is 9.47 Å². The Labute approximate surface area is 123 Å². The van der Waals surface area contributed by atoms with Crippen LogP contribution in [-0.4, -0.2) is 13.2 Å². The summed E-state index contributed by atoms with van der Waals surface area (Å²) >= 11 is 5.82. The van der Waals surface area contributed by atoms with E-state index in [4.69, 9.17) is 26.3 Å². The van der Waals surface area contributed by atoms with Crippen molar-refractivity contribution >= 4 is 11.6 Å². The van der Waals surface area contributed by atoms with Crippen LogP contribution in [0.1, 0.15) is 11.1 Å². The third-order valence-electron chi connectivity index (χ3n) is 2.75. The van der Waals surface area contributed by atoms with Gasteiger partial charge in [0.2, 0.25) is 0 Å². The Morgan fingerprint density at radius 2 is 1.75 bits per heavy atom. The largest absolute Gasteiger partial charge is 0.490 e. The summed E-state index contributed by atoms with van der Waals surface area (Å²) in [6, 6.07) is 14.8. The maximum absolute atomic E-state index is 8.99. The van der Waals surface area contributed by atoms with E-state index >= 15 is 0 Å². The molecule has 0 N–H and O–H groups in total. The molecule has 0 aromatic heterocycles. The highest BCUT2D eigenvalue weighted by Crippen LogP contribution is 2.22. The smallest absolute Gasteiger partial charge is 0.137 e. The van der Waals surface area contributed by atoms with Crippen LogP contribution in [0.5, 0.6) is 11.5 Å². The Kier molecular flexibility index (Phi) is 4.86. The Bertz CT molecular complexity index is 635. The lowest BCUT2D eigenvalue weighted by atomic mass is 10.2. The summed E-state index contributed by atoms with van der Waals surface area (Å²) in [5.41, 5.74) is 1.50. The number of hydrogen-bond donors (Lipinski definition) is 0. The highest BCUT2D eigenvalue weighted by atomic mass is 35.5. The number of aryl methyl sites for hydroxylation is 1. The second-order valence-corrected chi connectivity index (χ2v) is 4.65. The van der Waals surface area contributed by atoms with Gasteiger partial charge < -0.3 is 9.47 Å². The molecule has 2 aromatic carbocycles. The van der Waals surface area contributed by atoms with Gasteiger partial charge >= 0.3 is 0 Å². The number of rotatable bonds is 5. The van der Waals surface area contributed by atoms with Gasteiger partial charge in [0.1, 0.15) is 30.8 Å². The lowest BCUT2D eigenvalue weighted by Gasteiger charge is -2.11. The van der Waals surface area contributed by atoms with Gasteiger partial charge in [0.25, 0.3) is 0 Å². The Balaban J connectivity index is 1.88. The van der Waals surface area contributed by atoms with E-state index in [1.165, 1.54) is 0 Å². The number of benzene rings is 2. The Morgan fingerprint density at radius 1 is 1.05 bits per heavy atom. The lowest BCUT2D eigenvalue weighted by Crippen LogP contribution is -2.10. The van der Waals surface area contributed by atoms with Crippen molar-refractivity contribution in [3.63, 3.8) is 0 Å². The third-order valence-corrected chi connectivity index (χ3v) is 2.99. The van der Waals surface area contributed by atoms with Crippen molar-refractivity contribution in [1.82, 2.24) is 0 Å². The van der Waals surface area contributed by atoms with Gasteiger partial charge in [0, 0.05) is 5.02 Å². The molecule has 0 radical (unpaired) electrons. The summed E-state index contributed by atoms with van der Waals surface area (Å²) in [6.45, 7) is 2.77. The highest BCUT2D eigenvalue weighted by molar-refractivity contribution is 6.30. The van der Waals surface area contributed by atoms with E-state index in [1.807, 2.05) is 31.2 Å². The fourth-order valence-electron chi connectivity index (χ4n) is 1.74. The molecule has 0 aliphatic rings. The quantitative estimate of drug-likeness (QED) is 0.781. The van der Waals surface area contributed by atoms with E-state index in [2.05, 4.69) is 6.07 Å². The van der Waals surface area contributed by atoms with E-state index in [-0.39, 0.29) is 0 Å². The van der Waals surface area contributed by atoms with Crippen molar-refractivity contribution in [1.29, 1.82) is 5.26 Å². The minimum atomic E-state index is 0.366. The first-order valence-electron chi connectivity index (χ1n) is 6.21. The van der Waals surface area contributed by atoms with Crippen molar-refractivity contribution in [3.8, 4) is 17.6 Å². The molecule has 2 rings (SSSR count). The number of para-hydroxylation sites is 1. The fraction of sp³-hybridized carbons (Fsp3) is 0.188. The van der Waals surface area contributed by atoms with Crippen LogP contribution >= 0.6 is 11.6 Å². The molecule has 0 bridgehead atoms. The molecule has 102 valence electrons. The summed E-state index contributed by atoms with van der Waals surface area (Å²) in [7, 11) is 0. The normalized spacial score (nSPS) is 9.85. The molecule has 0 unspecified atom stereocenters. The molecule has 20 heavy (non-hydrogen) atoms. The SMILES string of the molecule is Cc1ccccc1OCCOc1ccc(Cl)cc1C#N. The Hall–Kier alpha value is -2.18. The van der Waals surface area contributed by atoms with Gasteiger partial charge in [0.15, 0.2) is 0 Å². The second-order valence-electron chi connectivity index (χ2n) is 4.21. The van der Waals surface area contributed by atoms with Gasteiger partial charge in [-0.25, -0.2) is 0 Å². The van der Waals surface area contributed by atoms with Crippen LogP contribution in [0.25, 0.3) is 0 Å². The van der Waals surface area contributed by atoms with Crippen molar-refractivity contribution in [2.45, 2.75) is 6.92 Å². The Morgan fingerprint density at radius 3 is 2.45 bits per heavy atom. The van der Waals surface area contributed by atoms with Gasteiger partial charge in [-0.3, -0.25) is 0 Å². The number of nitriles is 1. The molecule has 0 spiro atoms. The summed E-state index contributed by atoms with van der Waals surface area (Å²) in [4.78, 5) is 0. The standard InChI is InChI=1S/C16H14ClNO2/c1-12-4-2-3-5-15(12)19-8-9-20-16-7-6-14(17)10-13(16)11-18/h2-7,10H,8-9H2,1H3. The molecule has 0 fully saturated rings. The lowest BCUT2D eigenvalue weighted by molar-refractivity contribution is 0.216. The zero-order chi connectivity index (χ0) is 14.4. The zero-order valence-corrected chi connectivity index (χ0v) is 11.9. The van der Waals surface area contributed by atoms with Crippen LogP contribution in [0.2, 0.25) is 5.02 Å². The van der Waals surface area contributed by atoms with E-state index in [9.17, 15) is 0 Å². The fourth-order valence-corrected chi connectivity index (χ4v) is 1.91. The van der Waals surface area contributed by atoms with Crippen LogP contribution in [0.15, 0.2) is 42.5 Å². The molecule has 0 saturated heterocycles. The molecule has 0 atom stereocenters. The van der Waals surface area contributed by atoms with Crippen LogP contribution in [-0.2, 0) is 0 Å². The predicted octanol–water partition coefficient (Wildman–Crippen LogP) is 3.98. The van der Waals surface area contributed by atoms with Gasteiger partial charge in [-0.05, 0) is 36.8 Å². The second kappa shape index (κ2) is 6.83. The van der Waals surface area contributed by atoms with Gasteiger partial charge in [-0.15, -0.1) is 0 Å². The first-order chi connectivity index (χ1) is 9.70. The average molecular weight is 288 g/mol. The van der Waals surface area contributed by atoms with Gasteiger partial charge in [-0.2, -0.15) is 5.26 Å². The molecule has 0 amide bonds. The van der Waals surface area contributed by atoms with Gasteiger partial charge in [-0.1, -0.05) is 29.8 Å². The molecule has 4 heteroatoms. The minimum absolute atomic E-state index is 0.366. The molecule has 3 nitrogen and oxygen atoms in total. The number of ether oxygens (including phenoxy) is 2. The maximum Gasteiger partial charge on any atom is 0.137 e. The van der Waals surface area contributed by atoms with E-state index in [0.29, 0.717) is 29.5 Å². The van der Waals surface area contributed by atoms with Gasteiger partial charge in [0.05, 0.1) is 5.56 Å². The van der Waals surface area contributed by atoms with Crippen LogP contribution in [0.4, 0.5) is 0 Å². The van der Waals surface area contributed by atoms with E-state index < -0.39 is 0 Å². The first-order valence-corrected chi connectivity index (χ1v) is 6.59. The molecule has 0 saturated carbocycles. The summed E-state index contributed by atoms with van der Waals surface area (Å²) < 4.78 is 11.2. The summed E-state index contributed by atoms with van der Waals surface area (Å²) in [5.74, 6) is 1.36. The first kappa shape index (κ1) is 14.2. The highest BCUT2D eigenvalue weighted by Gasteiger charge is 2.04. The van der Waals surface area contributed by atoms with Crippen molar-refractivity contribution in [2.24, 2.45) is 0 Å². The average Bonchev–Trinajstić information content (AvgIpc) is 2.46. The molecule has 0 aliphatic heterocycles. The summed E-state index contributed by atoms with van der Waals surface area (Å²) in [6.07, 6.45) is 0. The molecule has 2 aromatic rings. The van der Waals surface area contributed by atoms with Crippen LogP contribution in [0.3, 0.4) is 0 Å².